The Bertz CT molecular complexity index is 1330. The van der Waals surface area contributed by atoms with Crippen LogP contribution in [0.4, 0.5) is 0 Å². The number of para-hydroxylation sites is 1. The van der Waals surface area contributed by atoms with Gasteiger partial charge in [-0.2, -0.15) is 4.68 Å². The van der Waals surface area contributed by atoms with Crippen LogP contribution in [0.5, 0.6) is 0 Å². The number of ketones is 1. The molecule has 0 unspecified atom stereocenters. The van der Waals surface area contributed by atoms with E-state index in [-0.39, 0.29) is 23.8 Å². The van der Waals surface area contributed by atoms with E-state index in [1.165, 1.54) is 9.69 Å². The summed E-state index contributed by atoms with van der Waals surface area (Å²) in [5, 5.41) is 1.59. The van der Waals surface area contributed by atoms with E-state index in [9.17, 15) is 14.4 Å². The van der Waals surface area contributed by atoms with Gasteiger partial charge in [0.05, 0.1) is 10.9 Å². The first-order valence-corrected chi connectivity index (χ1v) is 10.4. The molecule has 0 aliphatic heterocycles. The Labute approximate surface area is 185 Å². The van der Waals surface area contributed by atoms with Crippen LogP contribution in [0.3, 0.4) is 0 Å². The molecular weight excluding hydrogens is 402 g/mol. The third-order valence-electron chi connectivity index (χ3n) is 5.18. The van der Waals surface area contributed by atoms with E-state index in [0.717, 1.165) is 0 Å². The van der Waals surface area contributed by atoms with Crippen molar-refractivity contribution in [2.45, 2.75) is 19.8 Å². The van der Waals surface area contributed by atoms with Crippen LogP contribution in [0.1, 0.15) is 46.3 Å². The molecule has 1 amide bonds. The minimum Gasteiger partial charge on any atom is -0.292 e. The molecule has 0 bridgehead atoms. The number of Topliss-reactive ketones (excluding diaryl/α,β-unsaturated/α-hetero) is 1. The standard InChI is InChI=1S/C26H23N3O3/c1-18(2)24-27-22-16-10-9-15-21(22)26(32)29(24)28(25(31)20-13-7-4-8-14-20)17-23(30)19-11-5-3-6-12-19/h3-16,18H,17H2,1-2H3. The van der Waals surface area contributed by atoms with Gasteiger partial charge in [-0.1, -0.05) is 74.5 Å². The number of hydrogen-bond donors (Lipinski definition) is 0. The predicted molar refractivity (Wildman–Crippen MR) is 125 cm³/mol. The molecular formula is C26H23N3O3. The van der Waals surface area contributed by atoms with Crippen LogP contribution in [0.25, 0.3) is 10.9 Å². The molecule has 4 aromatic rings. The minimum atomic E-state index is -0.448. The monoisotopic (exact) mass is 425 g/mol. The molecule has 0 saturated heterocycles. The summed E-state index contributed by atoms with van der Waals surface area (Å²) < 4.78 is 1.27. The van der Waals surface area contributed by atoms with Gasteiger partial charge in [0, 0.05) is 17.0 Å². The van der Waals surface area contributed by atoms with Gasteiger partial charge < -0.3 is 0 Å². The lowest BCUT2D eigenvalue weighted by molar-refractivity contribution is 0.0906. The fourth-order valence-corrected chi connectivity index (χ4v) is 3.56. The number of benzene rings is 3. The normalized spacial score (nSPS) is 11.0. The zero-order valence-corrected chi connectivity index (χ0v) is 17.9. The van der Waals surface area contributed by atoms with Gasteiger partial charge in [-0.05, 0) is 24.3 Å². The second kappa shape index (κ2) is 8.98. The van der Waals surface area contributed by atoms with Crippen molar-refractivity contribution in [1.29, 1.82) is 0 Å². The molecule has 3 aromatic carbocycles. The maximum Gasteiger partial charge on any atom is 0.280 e. The van der Waals surface area contributed by atoms with E-state index < -0.39 is 5.91 Å². The van der Waals surface area contributed by atoms with Crippen LogP contribution >= 0.6 is 0 Å². The number of fused-ring (bicyclic) bond motifs is 1. The molecule has 0 aliphatic rings. The molecule has 1 aromatic heterocycles. The van der Waals surface area contributed by atoms with E-state index in [1.807, 2.05) is 26.0 Å². The molecule has 1 heterocycles. The fraction of sp³-hybridized carbons (Fsp3) is 0.154. The van der Waals surface area contributed by atoms with E-state index in [4.69, 9.17) is 0 Å². The van der Waals surface area contributed by atoms with Gasteiger partial charge in [0.2, 0.25) is 0 Å². The smallest absolute Gasteiger partial charge is 0.280 e. The molecule has 0 spiro atoms. The molecule has 6 heteroatoms. The summed E-state index contributed by atoms with van der Waals surface area (Å²) in [6.07, 6.45) is 0. The van der Waals surface area contributed by atoms with Crippen molar-refractivity contribution < 1.29 is 9.59 Å². The minimum absolute atomic E-state index is 0.162. The van der Waals surface area contributed by atoms with Gasteiger partial charge in [0.1, 0.15) is 12.4 Å². The largest absolute Gasteiger partial charge is 0.292 e. The number of carbonyl (C=O) groups excluding carboxylic acids is 2. The molecule has 0 atom stereocenters. The summed E-state index contributed by atoms with van der Waals surface area (Å²) in [6.45, 7) is 3.51. The zero-order chi connectivity index (χ0) is 22.7. The molecule has 4 rings (SSSR count). The highest BCUT2D eigenvalue weighted by atomic mass is 16.2. The molecule has 160 valence electrons. The van der Waals surface area contributed by atoms with Crippen LogP contribution in [-0.2, 0) is 0 Å². The summed E-state index contributed by atoms with van der Waals surface area (Å²) >= 11 is 0. The van der Waals surface area contributed by atoms with Crippen molar-refractivity contribution in [3.63, 3.8) is 0 Å². The fourth-order valence-electron chi connectivity index (χ4n) is 3.56. The average Bonchev–Trinajstić information content (AvgIpc) is 2.83. The first-order valence-electron chi connectivity index (χ1n) is 10.4. The number of hydrogen-bond acceptors (Lipinski definition) is 4. The second-order valence-corrected chi connectivity index (χ2v) is 7.78. The maximum atomic E-state index is 13.6. The summed E-state index contributed by atoms with van der Waals surface area (Å²) in [5.41, 5.74) is 1.01. The van der Waals surface area contributed by atoms with Crippen LogP contribution in [0.2, 0.25) is 0 Å². The highest BCUT2D eigenvalue weighted by Crippen LogP contribution is 2.17. The first kappa shape index (κ1) is 21.2. The van der Waals surface area contributed by atoms with Crippen molar-refractivity contribution in [3.05, 3.63) is 112 Å². The zero-order valence-electron chi connectivity index (χ0n) is 17.9. The second-order valence-electron chi connectivity index (χ2n) is 7.78. The van der Waals surface area contributed by atoms with Crippen molar-refractivity contribution >= 4 is 22.6 Å². The van der Waals surface area contributed by atoms with E-state index in [0.29, 0.717) is 27.9 Å². The van der Waals surface area contributed by atoms with Crippen LogP contribution < -0.4 is 10.6 Å². The van der Waals surface area contributed by atoms with E-state index in [1.54, 1.807) is 72.8 Å². The molecule has 0 radical (unpaired) electrons. The molecule has 0 saturated carbocycles. The number of aromatic nitrogens is 2. The van der Waals surface area contributed by atoms with Gasteiger partial charge in [-0.15, -0.1) is 0 Å². The molecule has 0 fully saturated rings. The lowest BCUT2D eigenvalue weighted by atomic mass is 10.1. The maximum absolute atomic E-state index is 13.6. The van der Waals surface area contributed by atoms with Crippen molar-refractivity contribution in [1.82, 2.24) is 9.66 Å². The quantitative estimate of drug-likeness (QED) is 0.435. The lowest BCUT2D eigenvalue weighted by Gasteiger charge is -2.27. The third-order valence-corrected chi connectivity index (χ3v) is 5.18. The Morgan fingerprint density at radius 2 is 1.41 bits per heavy atom. The highest BCUT2D eigenvalue weighted by molar-refractivity contribution is 6.07. The number of carbonyl (C=O) groups is 2. The van der Waals surface area contributed by atoms with E-state index in [2.05, 4.69) is 4.98 Å². The van der Waals surface area contributed by atoms with Gasteiger partial charge in [-0.3, -0.25) is 14.4 Å². The van der Waals surface area contributed by atoms with Gasteiger partial charge in [0.25, 0.3) is 11.5 Å². The third kappa shape index (κ3) is 4.07. The summed E-state index contributed by atoms with van der Waals surface area (Å²) in [5.74, 6) is -0.468. The van der Waals surface area contributed by atoms with Gasteiger partial charge in [0.15, 0.2) is 5.78 Å². The summed E-state index contributed by atoms with van der Waals surface area (Å²) in [7, 11) is 0. The number of nitrogens with zero attached hydrogens (tertiary/aromatic N) is 3. The molecule has 6 nitrogen and oxygen atoms in total. The van der Waals surface area contributed by atoms with E-state index >= 15 is 0 Å². The lowest BCUT2D eigenvalue weighted by Crippen LogP contribution is -2.51. The Morgan fingerprint density at radius 1 is 0.844 bits per heavy atom. The van der Waals surface area contributed by atoms with Crippen molar-refractivity contribution in [3.8, 4) is 0 Å². The van der Waals surface area contributed by atoms with Crippen LogP contribution in [-0.4, -0.2) is 27.9 Å². The Morgan fingerprint density at radius 3 is 2.03 bits per heavy atom. The predicted octanol–water partition coefficient (Wildman–Crippen LogP) is 4.18. The van der Waals surface area contributed by atoms with Crippen LogP contribution in [0.15, 0.2) is 89.7 Å². The highest BCUT2D eigenvalue weighted by Gasteiger charge is 2.27. The average molecular weight is 425 g/mol. The summed E-state index contributed by atoms with van der Waals surface area (Å²) in [4.78, 5) is 44.9. The first-order chi connectivity index (χ1) is 15.5. The Kier molecular flexibility index (Phi) is 5.94. The number of rotatable bonds is 6. The van der Waals surface area contributed by atoms with Gasteiger partial charge in [-0.25, -0.2) is 9.99 Å². The Hall–Kier alpha value is -4.06. The SMILES string of the molecule is CC(C)c1nc2ccccc2c(=O)n1N(CC(=O)c1ccccc1)C(=O)c1ccccc1. The van der Waals surface area contributed by atoms with Crippen molar-refractivity contribution in [2.24, 2.45) is 0 Å². The summed E-state index contributed by atoms with van der Waals surface area (Å²) in [6, 6.07) is 24.4. The molecule has 32 heavy (non-hydrogen) atoms. The Balaban J connectivity index is 1.92. The van der Waals surface area contributed by atoms with Crippen LogP contribution in [0, 0.1) is 0 Å². The topological polar surface area (TPSA) is 72.3 Å². The van der Waals surface area contributed by atoms with Crippen molar-refractivity contribution in [2.75, 3.05) is 11.6 Å². The molecule has 0 N–H and O–H groups in total. The van der Waals surface area contributed by atoms with Gasteiger partial charge >= 0.3 is 0 Å². The number of amides is 1. The molecule has 0 aliphatic carbocycles.